The summed E-state index contributed by atoms with van der Waals surface area (Å²) in [6.07, 6.45) is 1.68. The van der Waals surface area contributed by atoms with Crippen LogP contribution in [0, 0.1) is 20.8 Å². The second-order valence-electron chi connectivity index (χ2n) is 7.12. The zero-order valence-electron chi connectivity index (χ0n) is 17.3. The van der Waals surface area contributed by atoms with Crippen LogP contribution in [0.15, 0.2) is 42.7 Å². The Labute approximate surface area is 174 Å². The van der Waals surface area contributed by atoms with E-state index >= 15 is 0 Å². The number of benzene rings is 1. The summed E-state index contributed by atoms with van der Waals surface area (Å²) in [5.41, 5.74) is 5.01. The van der Waals surface area contributed by atoms with Crippen LogP contribution in [0.2, 0.25) is 0 Å². The van der Waals surface area contributed by atoms with Crippen molar-refractivity contribution in [2.75, 3.05) is 18.4 Å². The number of para-hydroxylation sites is 2. The fraction of sp³-hybridized carbons (Fsp3) is 0.286. The van der Waals surface area contributed by atoms with Gasteiger partial charge in [-0.25, -0.2) is 9.67 Å². The Hall–Kier alpha value is -3.75. The van der Waals surface area contributed by atoms with E-state index in [0.29, 0.717) is 24.7 Å². The SMILES string of the molecule is Cc1nn(-c2ccc(NCCNC(=O)Cn3cnc4ccccc43)nn2)c(C)c1C. The quantitative estimate of drug-likeness (QED) is 0.458. The van der Waals surface area contributed by atoms with Crippen LogP contribution in [0.1, 0.15) is 17.0 Å². The van der Waals surface area contributed by atoms with Crippen molar-refractivity contribution in [3.05, 3.63) is 59.7 Å². The van der Waals surface area contributed by atoms with Gasteiger partial charge in [-0.1, -0.05) is 12.1 Å². The lowest BCUT2D eigenvalue weighted by Crippen LogP contribution is -2.31. The van der Waals surface area contributed by atoms with E-state index in [2.05, 4.69) is 30.9 Å². The van der Waals surface area contributed by atoms with Crippen molar-refractivity contribution in [2.45, 2.75) is 27.3 Å². The minimum atomic E-state index is -0.0683. The minimum absolute atomic E-state index is 0.0683. The molecule has 9 nitrogen and oxygen atoms in total. The van der Waals surface area contributed by atoms with Gasteiger partial charge in [-0.2, -0.15) is 5.10 Å². The molecule has 3 aromatic heterocycles. The Bertz CT molecular complexity index is 1180. The van der Waals surface area contributed by atoms with Gasteiger partial charge >= 0.3 is 0 Å². The van der Waals surface area contributed by atoms with Gasteiger partial charge in [0.25, 0.3) is 0 Å². The number of hydrogen-bond donors (Lipinski definition) is 2. The molecule has 154 valence electrons. The van der Waals surface area contributed by atoms with Crippen LogP contribution in [0.4, 0.5) is 5.82 Å². The second kappa shape index (κ2) is 8.32. The van der Waals surface area contributed by atoms with Crippen LogP contribution >= 0.6 is 0 Å². The number of aryl methyl sites for hydroxylation is 1. The Morgan fingerprint density at radius 3 is 2.60 bits per heavy atom. The van der Waals surface area contributed by atoms with E-state index in [9.17, 15) is 4.79 Å². The number of carbonyl (C=O) groups is 1. The highest BCUT2D eigenvalue weighted by molar-refractivity contribution is 5.80. The molecule has 0 saturated carbocycles. The van der Waals surface area contributed by atoms with Crippen molar-refractivity contribution in [1.29, 1.82) is 0 Å². The standard InChI is InChI=1S/C21H24N8O/c1-14-15(2)27-29(16(14)3)20-9-8-19(25-26-20)22-10-11-23-21(30)12-28-13-24-17-6-4-5-7-18(17)28/h4-9,13H,10-12H2,1-3H3,(H,22,25)(H,23,30). The van der Waals surface area contributed by atoms with Crippen molar-refractivity contribution < 1.29 is 4.79 Å². The maximum atomic E-state index is 12.2. The molecule has 0 aliphatic carbocycles. The normalized spacial score (nSPS) is 11.0. The number of hydrogen-bond acceptors (Lipinski definition) is 6. The van der Waals surface area contributed by atoms with Crippen LogP contribution < -0.4 is 10.6 Å². The predicted molar refractivity (Wildman–Crippen MR) is 115 cm³/mol. The molecule has 0 unspecified atom stereocenters. The first-order valence-corrected chi connectivity index (χ1v) is 9.80. The van der Waals surface area contributed by atoms with E-state index in [1.54, 1.807) is 11.0 Å². The Morgan fingerprint density at radius 1 is 1.03 bits per heavy atom. The van der Waals surface area contributed by atoms with E-state index in [-0.39, 0.29) is 12.5 Å². The van der Waals surface area contributed by atoms with Crippen LogP contribution in [-0.4, -0.2) is 48.5 Å². The van der Waals surface area contributed by atoms with Crippen LogP contribution in [0.3, 0.4) is 0 Å². The average Bonchev–Trinajstić information content (AvgIpc) is 3.28. The molecule has 0 radical (unpaired) electrons. The Morgan fingerprint density at radius 2 is 1.87 bits per heavy atom. The van der Waals surface area contributed by atoms with Crippen molar-refractivity contribution in [1.82, 2.24) is 34.8 Å². The molecule has 1 amide bonds. The van der Waals surface area contributed by atoms with E-state index in [1.807, 2.05) is 61.7 Å². The summed E-state index contributed by atoms with van der Waals surface area (Å²) in [6, 6.07) is 11.5. The fourth-order valence-corrected chi connectivity index (χ4v) is 3.22. The molecule has 0 aliphatic heterocycles. The molecule has 0 aliphatic rings. The monoisotopic (exact) mass is 404 g/mol. The van der Waals surface area contributed by atoms with Crippen molar-refractivity contribution in [3.63, 3.8) is 0 Å². The highest BCUT2D eigenvalue weighted by Crippen LogP contribution is 2.15. The summed E-state index contributed by atoms with van der Waals surface area (Å²) in [5.74, 6) is 1.25. The maximum Gasteiger partial charge on any atom is 0.240 e. The van der Waals surface area contributed by atoms with Gasteiger partial charge in [-0.15, -0.1) is 10.2 Å². The van der Waals surface area contributed by atoms with E-state index < -0.39 is 0 Å². The summed E-state index contributed by atoms with van der Waals surface area (Å²) >= 11 is 0. The number of amides is 1. The first-order chi connectivity index (χ1) is 14.5. The second-order valence-corrected chi connectivity index (χ2v) is 7.12. The molecule has 0 saturated heterocycles. The molecule has 4 aromatic rings. The molecule has 2 N–H and O–H groups in total. The molecule has 0 fully saturated rings. The fourth-order valence-electron chi connectivity index (χ4n) is 3.22. The molecule has 4 rings (SSSR count). The first kappa shape index (κ1) is 19.6. The van der Waals surface area contributed by atoms with Crippen molar-refractivity contribution in [2.24, 2.45) is 0 Å². The molecule has 1 aromatic carbocycles. The average molecular weight is 404 g/mol. The topological polar surface area (TPSA) is 103 Å². The highest BCUT2D eigenvalue weighted by atomic mass is 16.1. The number of carbonyl (C=O) groups excluding carboxylic acids is 1. The number of aromatic nitrogens is 6. The van der Waals surface area contributed by atoms with Crippen LogP contribution in [0.5, 0.6) is 0 Å². The lowest BCUT2D eigenvalue weighted by molar-refractivity contribution is -0.121. The van der Waals surface area contributed by atoms with Gasteiger partial charge in [0.05, 0.1) is 23.1 Å². The van der Waals surface area contributed by atoms with Crippen molar-refractivity contribution >= 4 is 22.8 Å². The number of fused-ring (bicyclic) bond motifs is 1. The number of anilines is 1. The number of imidazole rings is 1. The third-order valence-corrected chi connectivity index (χ3v) is 5.12. The first-order valence-electron chi connectivity index (χ1n) is 9.80. The zero-order chi connectivity index (χ0) is 21.1. The molecule has 0 bridgehead atoms. The predicted octanol–water partition coefficient (Wildman–Crippen LogP) is 2.17. The molecule has 30 heavy (non-hydrogen) atoms. The third-order valence-electron chi connectivity index (χ3n) is 5.12. The van der Waals surface area contributed by atoms with Gasteiger partial charge in [0, 0.05) is 18.8 Å². The van der Waals surface area contributed by atoms with Crippen LogP contribution in [0.25, 0.3) is 16.9 Å². The van der Waals surface area contributed by atoms with Gasteiger partial charge in [-0.05, 0) is 50.6 Å². The lowest BCUT2D eigenvalue weighted by atomic mass is 10.2. The van der Waals surface area contributed by atoms with E-state index in [4.69, 9.17) is 0 Å². The van der Waals surface area contributed by atoms with E-state index in [1.165, 1.54) is 0 Å². The number of nitrogens with zero attached hydrogens (tertiary/aromatic N) is 6. The Balaban J connectivity index is 1.26. The number of rotatable bonds is 7. The summed E-state index contributed by atoms with van der Waals surface area (Å²) in [6.45, 7) is 7.29. The summed E-state index contributed by atoms with van der Waals surface area (Å²) < 4.78 is 3.63. The lowest BCUT2D eigenvalue weighted by Gasteiger charge is -2.09. The van der Waals surface area contributed by atoms with Gasteiger partial charge in [0.2, 0.25) is 5.91 Å². The molecular formula is C21H24N8O. The molecule has 9 heteroatoms. The van der Waals surface area contributed by atoms with Gasteiger partial charge < -0.3 is 15.2 Å². The van der Waals surface area contributed by atoms with Gasteiger partial charge in [0.15, 0.2) is 5.82 Å². The van der Waals surface area contributed by atoms with Gasteiger partial charge in [-0.3, -0.25) is 4.79 Å². The van der Waals surface area contributed by atoms with Crippen LogP contribution in [-0.2, 0) is 11.3 Å². The van der Waals surface area contributed by atoms with E-state index in [0.717, 1.165) is 28.0 Å². The highest BCUT2D eigenvalue weighted by Gasteiger charge is 2.10. The molecule has 0 atom stereocenters. The molecule has 3 heterocycles. The Kier molecular flexibility index (Phi) is 5.42. The number of nitrogens with one attached hydrogen (secondary N) is 2. The summed E-state index contributed by atoms with van der Waals surface area (Å²) in [4.78, 5) is 16.5. The third kappa shape index (κ3) is 4.00. The molecular weight excluding hydrogens is 380 g/mol. The van der Waals surface area contributed by atoms with Gasteiger partial charge in [0.1, 0.15) is 12.4 Å². The zero-order valence-corrected chi connectivity index (χ0v) is 17.3. The smallest absolute Gasteiger partial charge is 0.240 e. The summed E-state index contributed by atoms with van der Waals surface area (Å²) in [5, 5.41) is 19.0. The summed E-state index contributed by atoms with van der Waals surface area (Å²) in [7, 11) is 0. The van der Waals surface area contributed by atoms with Crippen molar-refractivity contribution in [3.8, 4) is 5.82 Å². The largest absolute Gasteiger partial charge is 0.367 e. The molecule has 0 spiro atoms. The minimum Gasteiger partial charge on any atom is -0.367 e. The maximum absolute atomic E-state index is 12.2.